The maximum atomic E-state index is 12.4. The second kappa shape index (κ2) is 12.6. The van der Waals surface area contributed by atoms with Crippen molar-refractivity contribution in [2.75, 3.05) is 5.75 Å². The molecule has 0 aliphatic carbocycles. The average molecular weight is 419 g/mol. The van der Waals surface area contributed by atoms with E-state index in [-0.39, 0.29) is 17.6 Å². The molecule has 0 aromatic heterocycles. The number of nitrogens with two attached hydrogens (primary N) is 1. The average Bonchev–Trinajstić information content (AvgIpc) is 2.61. The Bertz CT molecular complexity index is 558. The summed E-state index contributed by atoms with van der Waals surface area (Å²) in [5, 5.41) is 16.7. The van der Waals surface area contributed by atoms with E-state index < -0.39 is 47.9 Å². The number of amides is 3. The summed E-state index contributed by atoms with van der Waals surface area (Å²) in [5.74, 6) is -2.86. The summed E-state index contributed by atoms with van der Waals surface area (Å²) >= 11 is 4.07. The van der Waals surface area contributed by atoms with E-state index in [9.17, 15) is 24.3 Å². The highest BCUT2D eigenvalue weighted by Gasteiger charge is 2.29. The van der Waals surface area contributed by atoms with E-state index in [1.165, 1.54) is 6.92 Å². The maximum Gasteiger partial charge on any atom is 0.326 e. The van der Waals surface area contributed by atoms with Gasteiger partial charge in [0, 0.05) is 5.75 Å². The van der Waals surface area contributed by atoms with Gasteiger partial charge in [-0.25, -0.2) is 4.79 Å². The third-order valence-corrected chi connectivity index (χ3v) is 4.77. The van der Waals surface area contributed by atoms with Crippen LogP contribution < -0.4 is 21.7 Å². The van der Waals surface area contributed by atoms with Crippen LogP contribution in [0.1, 0.15) is 47.5 Å². The summed E-state index contributed by atoms with van der Waals surface area (Å²) in [7, 11) is 0. The number of nitrogens with one attached hydrogen (secondary N) is 3. The van der Waals surface area contributed by atoms with Gasteiger partial charge in [-0.1, -0.05) is 34.1 Å². The zero-order valence-corrected chi connectivity index (χ0v) is 18.1. The molecular formula is C18H34N4O5S. The summed E-state index contributed by atoms with van der Waals surface area (Å²) in [5.41, 5.74) is 5.81. The number of carbonyl (C=O) groups is 4. The molecule has 10 heteroatoms. The number of hydrogen-bond donors (Lipinski definition) is 6. The second-order valence-corrected chi connectivity index (χ2v) is 7.79. The molecule has 6 N–H and O–H groups in total. The van der Waals surface area contributed by atoms with Crippen molar-refractivity contribution in [3.05, 3.63) is 0 Å². The molecule has 9 nitrogen and oxygen atoms in total. The number of aliphatic carboxylic acids is 1. The minimum Gasteiger partial charge on any atom is -0.480 e. The molecule has 0 spiro atoms. The number of rotatable bonds is 12. The summed E-state index contributed by atoms with van der Waals surface area (Å²) in [6.07, 6.45) is 1.04. The first-order valence-electron chi connectivity index (χ1n) is 9.44. The third-order valence-electron chi connectivity index (χ3n) is 4.41. The van der Waals surface area contributed by atoms with Crippen LogP contribution in [0.25, 0.3) is 0 Å². The lowest BCUT2D eigenvalue weighted by Crippen LogP contribution is -2.57. The first-order valence-corrected chi connectivity index (χ1v) is 10.1. The quantitative estimate of drug-likeness (QED) is 0.244. The Hall–Kier alpha value is -1.81. The number of hydrogen-bond acceptors (Lipinski definition) is 6. The highest BCUT2D eigenvalue weighted by Crippen LogP contribution is 2.08. The van der Waals surface area contributed by atoms with E-state index in [1.54, 1.807) is 6.92 Å². The van der Waals surface area contributed by atoms with Crippen molar-refractivity contribution in [3.8, 4) is 0 Å². The van der Waals surface area contributed by atoms with Crippen molar-refractivity contribution in [1.82, 2.24) is 16.0 Å². The van der Waals surface area contributed by atoms with Gasteiger partial charge in [-0.3, -0.25) is 14.4 Å². The van der Waals surface area contributed by atoms with Gasteiger partial charge in [0.15, 0.2) is 0 Å². The summed E-state index contributed by atoms with van der Waals surface area (Å²) in [6, 6.07) is -3.75. The zero-order valence-electron chi connectivity index (χ0n) is 17.2. The number of thiol groups is 1. The molecule has 0 aromatic carbocycles. The molecule has 5 atom stereocenters. The van der Waals surface area contributed by atoms with Crippen LogP contribution >= 0.6 is 12.6 Å². The molecule has 0 radical (unpaired) electrons. The first-order chi connectivity index (χ1) is 12.9. The molecule has 162 valence electrons. The second-order valence-electron chi connectivity index (χ2n) is 7.42. The van der Waals surface area contributed by atoms with Crippen molar-refractivity contribution < 1.29 is 24.3 Å². The fourth-order valence-electron chi connectivity index (χ4n) is 2.43. The predicted molar refractivity (Wildman–Crippen MR) is 110 cm³/mol. The van der Waals surface area contributed by atoms with Crippen LogP contribution in [-0.2, 0) is 19.2 Å². The largest absolute Gasteiger partial charge is 0.480 e. The lowest BCUT2D eigenvalue weighted by molar-refractivity contribution is -0.143. The minimum atomic E-state index is -1.14. The molecule has 0 saturated heterocycles. The molecule has 0 aliphatic rings. The van der Waals surface area contributed by atoms with E-state index in [2.05, 4.69) is 28.6 Å². The van der Waals surface area contributed by atoms with Crippen molar-refractivity contribution in [2.45, 2.75) is 71.6 Å². The van der Waals surface area contributed by atoms with Gasteiger partial charge in [0.25, 0.3) is 0 Å². The highest BCUT2D eigenvalue weighted by atomic mass is 32.1. The molecule has 28 heavy (non-hydrogen) atoms. The molecule has 5 unspecified atom stereocenters. The Labute approximate surface area is 172 Å². The smallest absolute Gasteiger partial charge is 0.326 e. The van der Waals surface area contributed by atoms with Crippen LogP contribution in [0, 0.1) is 11.8 Å². The van der Waals surface area contributed by atoms with E-state index in [0.717, 1.165) is 0 Å². The molecule has 3 amide bonds. The molecular weight excluding hydrogens is 384 g/mol. The lowest BCUT2D eigenvalue weighted by atomic mass is 9.99. The molecule has 0 aromatic rings. The van der Waals surface area contributed by atoms with Crippen molar-refractivity contribution in [1.29, 1.82) is 0 Å². The van der Waals surface area contributed by atoms with Crippen LogP contribution in [-0.4, -0.2) is 58.7 Å². The topological polar surface area (TPSA) is 151 Å². The van der Waals surface area contributed by atoms with Gasteiger partial charge >= 0.3 is 5.97 Å². The van der Waals surface area contributed by atoms with Crippen LogP contribution in [0.5, 0.6) is 0 Å². The summed E-state index contributed by atoms with van der Waals surface area (Å²) in [4.78, 5) is 48.1. The standard InChI is InChI=1S/C18H34N4O5S/c1-6-10(4)14(18(26)27)22-15(23)11(5)20-17(25)13(8-28)21-16(24)12(19)7-9(2)3/h9-14,28H,6-8,19H2,1-5H3,(H,20,25)(H,21,24)(H,22,23)(H,26,27). The highest BCUT2D eigenvalue weighted by molar-refractivity contribution is 7.80. The van der Waals surface area contributed by atoms with Gasteiger partial charge in [0.1, 0.15) is 18.1 Å². The molecule has 0 heterocycles. The molecule has 0 rings (SSSR count). The SMILES string of the molecule is CCC(C)C(NC(=O)C(C)NC(=O)C(CS)NC(=O)C(N)CC(C)C)C(=O)O. The first kappa shape index (κ1) is 26.2. The Kier molecular flexibility index (Phi) is 11.8. The van der Waals surface area contributed by atoms with Crippen molar-refractivity contribution in [2.24, 2.45) is 17.6 Å². The van der Waals surface area contributed by atoms with Gasteiger partial charge in [-0.2, -0.15) is 12.6 Å². The third kappa shape index (κ3) is 8.92. The number of carboxylic acids is 1. The van der Waals surface area contributed by atoms with Gasteiger partial charge in [0.2, 0.25) is 17.7 Å². The predicted octanol–water partition coefficient (Wildman–Crippen LogP) is -0.105. The lowest BCUT2D eigenvalue weighted by Gasteiger charge is -2.24. The Morgan fingerprint density at radius 1 is 0.964 bits per heavy atom. The molecule has 0 bridgehead atoms. The maximum absolute atomic E-state index is 12.4. The minimum absolute atomic E-state index is 0.0188. The van der Waals surface area contributed by atoms with Gasteiger partial charge < -0.3 is 26.8 Å². The van der Waals surface area contributed by atoms with Gasteiger partial charge in [-0.05, 0) is 25.2 Å². The normalized spacial score (nSPS) is 16.4. The van der Waals surface area contributed by atoms with E-state index in [0.29, 0.717) is 12.8 Å². The van der Waals surface area contributed by atoms with Gasteiger partial charge in [-0.15, -0.1) is 0 Å². The Morgan fingerprint density at radius 3 is 1.96 bits per heavy atom. The molecule has 0 saturated carbocycles. The summed E-state index contributed by atoms with van der Waals surface area (Å²) < 4.78 is 0. The zero-order chi connectivity index (χ0) is 22.0. The fraction of sp³-hybridized carbons (Fsp3) is 0.778. The van der Waals surface area contributed by atoms with Crippen molar-refractivity contribution in [3.63, 3.8) is 0 Å². The number of carboxylic acid groups (broad SMARTS) is 1. The van der Waals surface area contributed by atoms with Crippen LogP contribution in [0.3, 0.4) is 0 Å². The van der Waals surface area contributed by atoms with E-state index in [1.807, 2.05) is 20.8 Å². The molecule has 0 fully saturated rings. The van der Waals surface area contributed by atoms with Crippen molar-refractivity contribution >= 4 is 36.3 Å². The Balaban J connectivity index is 4.84. The number of carbonyl (C=O) groups excluding carboxylic acids is 3. The van der Waals surface area contributed by atoms with Gasteiger partial charge in [0.05, 0.1) is 6.04 Å². The Morgan fingerprint density at radius 2 is 1.54 bits per heavy atom. The van der Waals surface area contributed by atoms with Crippen LogP contribution in [0.15, 0.2) is 0 Å². The monoisotopic (exact) mass is 418 g/mol. The van der Waals surface area contributed by atoms with Crippen LogP contribution in [0.4, 0.5) is 0 Å². The fourth-order valence-corrected chi connectivity index (χ4v) is 2.69. The van der Waals surface area contributed by atoms with E-state index >= 15 is 0 Å². The summed E-state index contributed by atoms with van der Waals surface area (Å²) in [6.45, 7) is 8.84. The van der Waals surface area contributed by atoms with E-state index in [4.69, 9.17) is 5.73 Å². The van der Waals surface area contributed by atoms with Crippen LogP contribution in [0.2, 0.25) is 0 Å². The molecule has 0 aliphatic heterocycles.